The van der Waals surface area contributed by atoms with E-state index in [1.807, 2.05) is 0 Å². The van der Waals surface area contributed by atoms with Crippen molar-refractivity contribution in [1.29, 1.82) is 0 Å². The minimum absolute atomic E-state index is 0.265. The zero-order chi connectivity index (χ0) is 13.3. The van der Waals surface area contributed by atoms with E-state index in [1.54, 1.807) is 0 Å². The number of pyridine rings is 1. The third-order valence-corrected chi connectivity index (χ3v) is 4.24. The van der Waals surface area contributed by atoms with E-state index in [-0.39, 0.29) is 9.20 Å². The minimum atomic E-state index is -4.61. The number of rotatable bonds is 3. The van der Waals surface area contributed by atoms with Crippen LogP contribution >= 0.6 is 0 Å². The van der Waals surface area contributed by atoms with Gasteiger partial charge in [-0.15, -0.1) is 0 Å². The van der Waals surface area contributed by atoms with Crippen molar-refractivity contribution in [3.05, 3.63) is 24.5 Å². The highest BCUT2D eigenvalue weighted by Crippen LogP contribution is 2.27. The van der Waals surface area contributed by atoms with Crippen LogP contribution in [-0.2, 0) is 10.0 Å². The summed E-state index contributed by atoms with van der Waals surface area (Å²) in [6, 6.07) is 0.452. The number of hydrogen-bond acceptors (Lipinski definition) is 3. The molecular weight excluding hydrogens is 257 g/mol. The SMILES string of the molecule is C[C@H](N(C)S(=O)(=O)c1cccnc1)C(F)(F)F. The molecule has 0 spiro atoms. The molecule has 1 rings (SSSR count). The lowest BCUT2D eigenvalue weighted by atomic mass is 10.3. The standard InChI is InChI=1S/C9H11F3N2O2S/c1-7(9(10,11)12)14(2)17(15,16)8-4-3-5-13-6-8/h3-7H,1-2H3/t7-/m0/s1. The van der Waals surface area contributed by atoms with Gasteiger partial charge in [0.1, 0.15) is 10.9 Å². The van der Waals surface area contributed by atoms with Gasteiger partial charge in [-0.2, -0.15) is 17.5 Å². The Hall–Kier alpha value is -1.15. The normalized spacial score (nSPS) is 14.9. The highest BCUT2D eigenvalue weighted by atomic mass is 32.2. The maximum absolute atomic E-state index is 12.4. The van der Waals surface area contributed by atoms with Crippen LogP contribution in [-0.4, -0.2) is 37.0 Å². The lowest BCUT2D eigenvalue weighted by Gasteiger charge is -2.25. The van der Waals surface area contributed by atoms with Gasteiger partial charge in [0.2, 0.25) is 10.0 Å². The van der Waals surface area contributed by atoms with Gasteiger partial charge < -0.3 is 0 Å². The third kappa shape index (κ3) is 2.95. The van der Waals surface area contributed by atoms with Crippen LogP contribution in [0.4, 0.5) is 13.2 Å². The molecule has 0 aliphatic rings. The molecule has 1 heterocycles. The summed E-state index contributed by atoms with van der Waals surface area (Å²) in [4.78, 5) is 3.30. The smallest absolute Gasteiger partial charge is 0.263 e. The average molecular weight is 268 g/mol. The zero-order valence-corrected chi connectivity index (χ0v) is 9.96. The van der Waals surface area contributed by atoms with E-state index in [4.69, 9.17) is 0 Å². The summed E-state index contributed by atoms with van der Waals surface area (Å²) in [5, 5.41) is 0. The van der Waals surface area contributed by atoms with E-state index < -0.39 is 22.2 Å². The summed E-state index contributed by atoms with van der Waals surface area (Å²) in [6.45, 7) is 0.786. The summed E-state index contributed by atoms with van der Waals surface area (Å²) in [6.07, 6.45) is -2.26. The lowest BCUT2D eigenvalue weighted by Crippen LogP contribution is -2.44. The summed E-state index contributed by atoms with van der Waals surface area (Å²) in [5.74, 6) is 0. The Morgan fingerprint density at radius 2 is 2.00 bits per heavy atom. The van der Waals surface area contributed by atoms with E-state index in [0.29, 0.717) is 0 Å². The van der Waals surface area contributed by atoms with Gasteiger partial charge in [-0.25, -0.2) is 8.42 Å². The van der Waals surface area contributed by atoms with E-state index in [9.17, 15) is 21.6 Å². The fourth-order valence-corrected chi connectivity index (χ4v) is 2.39. The van der Waals surface area contributed by atoms with Crippen molar-refractivity contribution in [2.45, 2.75) is 24.0 Å². The Morgan fingerprint density at radius 3 is 2.41 bits per heavy atom. The van der Waals surface area contributed by atoms with Crippen molar-refractivity contribution >= 4 is 10.0 Å². The number of hydrogen-bond donors (Lipinski definition) is 0. The maximum Gasteiger partial charge on any atom is 0.404 e. The van der Waals surface area contributed by atoms with Crippen LogP contribution in [0.2, 0.25) is 0 Å². The Balaban J connectivity index is 3.09. The number of alkyl halides is 3. The topological polar surface area (TPSA) is 50.3 Å². The zero-order valence-electron chi connectivity index (χ0n) is 9.14. The maximum atomic E-state index is 12.4. The molecule has 1 atom stereocenters. The van der Waals surface area contributed by atoms with Gasteiger partial charge in [-0.1, -0.05) is 0 Å². The van der Waals surface area contributed by atoms with Crippen molar-refractivity contribution in [3.63, 3.8) is 0 Å². The van der Waals surface area contributed by atoms with Gasteiger partial charge in [0.15, 0.2) is 0 Å². The van der Waals surface area contributed by atoms with E-state index in [0.717, 1.165) is 20.2 Å². The quantitative estimate of drug-likeness (QED) is 0.837. The Morgan fingerprint density at radius 1 is 1.41 bits per heavy atom. The molecule has 0 fully saturated rings. The van der Waals surface area contributed by atoms with Crippen molar-refractivity contribution in [2.24, 2.45) is 0 Å². The molecule has 0 saturated carbocycles. The molecule has 0 aliphatic carbocycles. The Bertz CT molecular complexity index is 473. The van der Waals surface area contributed by atoms with Crippen LogP contribution in [0, 0.1) is 0 Å². The largest absolute Gasteiger partial charge is 0.404 e. The Kier molecular flexibility index (Phi) is 3.78. The second-order valence-corrected chi connectivity index (χ2v) is 5.43. The fourth-order valence-electron chi connectivity index (χ4n) is 1.08. The Labute approximate surface area is 97.1 Å². The second kappa shape index (κ2) is 4.61. The van der Waals surface area contributed by atoms with Gasteiger partial charge >= 0.3 is 6.18 Å². The molecular formula is C9H11F3N2O2S. The molecule has 4 nitrogen and oxygen atoms in total. The van der Waals surface area contributed by atoms with Crippen LogP contribution in [0.5, 0.6) is 0 Å². The molecule has 0 N–H and O–H groups in total. The van der Waals surface area contributed by atoms with Gasteiger partial charge in [0, 0.05) is 19.4 Å². The van der Waals surface area contributed by atoms with Crippen LogP contribution in [0.1, 0.15) is 6.92 Å². The van der Waals surface area contributed by atoms with E-state index >= 15 is 0 Å². The number of halogens is 3. The first-order valence-electron chi connectivity index (χ1n) is 4.62. The summed E-state index contributed by atoms with van der Waals surface area (Å²) in [5.41, 5.74) is 0. The summed E-state index contributed by atoms with van der Waals surface area (Å²) < 4.78 is 61.2. The van der Waals surface area contributed by atoms with Gasteiger partial charge in [0.05, 0.1) is 0 Å². The van der Waals surface area contributed by atoms with Crippen LogP contribution < -0.4 is 0 Å². The molecule has 1 aromatic rings. The van der Waals surface area contributed by atoms with Crippen molar-refractivity contribution < 1.29 is 21.6 Å². The lowest BCUT2D eigenvalue weighted by molar-refractivity contribution is -0.164. The van der Waals surface area contributed by atoms with Crippen molar-refractivity contribution in [2.75, 3.05) is 7.05 Å². The first-order chi connectivity index (χ1) is 7.67. The van der Waals surface area contributed by atoms with Gasteiger partial charge in [-0.3, -0.25) is 4.98 Å². The molecule has 8 heteroatoms. The van der Waals surface area contributed by atoms with Crippen molar-refractivity contribution in [1.82, 2.24) is 9.29 Å². The summed E-state index contributed by atoms with van der Waals surface area (Å²) in [7, 11) is -3.28. The number of nitrogens with zero attached hydrogens (tertiary/aromatic N) is 2. The molecule has 0 saturated heterocycles. The molecule has 17 heavy (non-hydrogen) atoms. The van der Waals surface area contributed by atoms with Crippen LogP contribution in [0.15, 0.2) is 29.4 Å². The molecule has 0 unspecified atom stereocenters. The number of aromatic nitrogens is 1. The molecule has 0 aromatic carbocycles. The first-order valence-corrected chi connectivity index (χ1v) is 6.06. The molecule has 1 aromatic heterocycles. The predicted molar refractivity (Wildman–Crippen MR) is 54.7 cm³/mol. The van der Waals surface area contributed by atoms with Gasteiger partial charge in [-0.05, 0) is 19.1 Å². The highest BCUT2D eigenvalue weighted by Gasteiger charge is 2.43. The molecule has 96 valence electrons. The molecule has 0 amide bonds. The minimum Gasteiger partial charge on any atom is -0.263 e. The average Bonchev–Trinajstić information content (AvgIpc) is 2.27. The third-order valence-electron chi connectivity index (χ3n) is 2.33. The highest BCUT2D eigenvalue weighted by molar-refractivity contribution is 7.89. The number of sulfonamides is 1. The van der Waals surface area contributed by atoms with Crippen molar-refractivity contribution in [3.8, 4) is 0 Å². The fraction of sp³-hybridized carbons (Fsp3) is 0.444. The first kappa shape index (κ1) is 13.9. The molecule has 0 bridgehead atoms. The van der Waals surface area contributed by atoms with Crippen LogP contribution in [0.3, 0.4) is 0 Å². The van der Waals surface area contributed by atoms with E-state index in [2.05, 4.69) is 4.98 Å². The monoisotopic (exact) mass is 268 g/mol. The predicted octanol–water partition coefficient (Wildman–Crippen LogP) is 1.65. The van der Waals surface area contributed by atoms with Crippen LogP contribution in [0.25, 0.3) is 0 Å². The molecule has 0 radical (unpaired) electrons. The van der Waals surface area contributed by atoms with E-state index in [1.165, 1.54) is 18.3 Å². The summed E-state index contributed by atoms with van der Waals surface area (Å²) >= 11 is 0. The second-order valence-electron chi connectivity index (χ2n) is 3.43. The molecule has 0 aliphatic heterocycles. The van der Waals surface area contributed by atoms with Gasteiger partial charge in [0.25, 0.3) is 0 Å².